The quantitative estimate of drug-likeness (QED) is 0.764. The van der Waals surface area contributed by atoms with Crippen molar-refractivity contribution in [3.63, 3.8) is 0 Å². The van der Waals surface area contributed by atoms with Crippen LogP contribution < -0.4 is 10.6 Å². The van der Waals surface area contributed by atoms with Gasteiger partial charge in [-0.15, -0.1) is 0 Å². The third-order valence-corrected chi connectivity index (χ3v) is 5.37. The van der Waals surface area contributed by atoms with Gasteiger partial charge < -0.3 is 20.6 Å². The normalized spacial score (nSPS) is 19.1. The highest BCUT2D eigenvalue weighted by molar-refractivity contribution is 5.88. The first-order valence-electron chi connectivity index (χ1n) is 9.32. The van der Waals surface area contributed by atoms with Gasteiger partial charge in [0.15, 0.2) is 0 Å². The molecule has 0 aromatic heterocycles. The molecular weight excluding hydrogens is 348 g/mol. The molecule has 3 rings (SSSR count). The van der Waals surface area contributed by atoms with Crippen LogP contribution in [0.1, 0.15) is 23.2 Å². The summed E-state index contributed by atoms with van der Waals surface area (Å²) in [6, 6.07) is 6.90. The van der Waals surface area contributed by atoms with Crippen LogP contribution in [-0.2, 0) is 9.59 Å². The minimum atomic E-state index is -0.937. The van der Waals surface area contributed by atoms with Crippen LogP contribution in [0.3, 0.4) is 0 Å². The van der Waals surface area contributed by atoms with Crippen LogP contribution in [0.25, 0.3) is 0 Å². The molecule has 0 aliphatic carbocycles. The van der Waals surface area contributed by atoms with E-state index in [1.54, 1.807) is 18.2 Å². The molecule has 146 valence electrons. The van der Waals surface area contributed by atoms with Crippen LogP contribution in [-0.4, -0.2) is 78.5 Å². The van der Waals surface area contributed by atoms with Crippen molar-refractivity contribution in [3.05, 3.63) is 29.8 Å². The van der Waals surface area contributed by atoms with Gasteiger partial charge in [0.2, 0.25) is 11.8 Å². The molecule has 2 aliphatic heterocycles. The molecule has 8 heteroatoms. The largest absolute Gasteiger partial charge is 0.478 e. The SMILES string of the molecule is NC(=O)CN1CCC(C(=O)N2CCN(c3cccc(C(=O)O)c3)CC2)CC1. The number of hydrogen-bond donors (Lipinski definition) is 2. The minimum Gasteiger partial charge on any atom is -0.478 e. The van der Waals surface area contributed by atoms with Crippen LogP contribution in [0.15, 0.2) is 24.3 Å². The first kappa shape index (κ1) is 19.2. The summed E-state index contributed by atoms with van der Waals surface area (Å²) in [6.45, 7) is 4.36. The van der Waals surface area contributed by atoms with Gasteiger partial charge in [-0.25, -0.2) is 4.79 Å². The highest BCUT2D eigenvalue weighted by Gasteiger charge is 2.30. The van der Waals surface area contributed by atoms with Gasteiger partial charge in [0, 0.05) is 37.8 Å². The van der Waals surface area contributed by atoms with Crippen molar-refractivity contribution in [1.29, 1.82) is 0 Å². The van der Waals surface area contributed by atoms with E-state index in [0.29, 0.717) is 26.2 Å². The summed E-state index contributed by atoms with van der Waals surface area (Å²) in [5, 5.41) is 9.13. The highest BCUT2D eigenvalue weighted by Crippen LogP contribution is 2.22. The number of hydrogen-bond acceptors (Lipinski definition) is 5. The number of nitrogens with two attached hydrogens (primary N) is 1. The molecule has 0 saturated carbocycles. The lowest BCUT2D eigenvalue weighted by Crippen LogP contribution is -2.52. The molecule has 0 spiro atoms. The number of anilines is 1. The Balaban J connectivity index is 1.50. The first-order valence-corrected chi connectivity index (χ1v) is 9.32. The number of nitrogens with zero attached hydrogens (tertiary/aromatic N) is 3. The number of likely N-dealkylation sites (tertiary alicyclic amines) is 1. The summed E-state index contributed by atoms with van der Waals surface area (Å²) < 4.78 is 0. The molecule has 8 nitrogen and oxygen atoms in total. The molecule has 0 unspecified atom stereocenters. The number of piperazine rings is 1. The summed E-state index contributed by atoms with van der Waals surface area (Å²) in [4.78, 5) is 41.0. The second-order valence-corrected chi connectivity index (χ2v) is 7.18. The van der Waals surface area contributed by atoms with Gasteiger partial charge in [-0.2, -0.15) is 0 Å². The summed E-state index contributed by atoms with van der Waals surface area (Å²) >= 11 is 0. The zero-order valence-corrected chi connectivity index (χ0v) is 15.3. The number of carbonyl (C=O) groups excluding carboxylic acids is 2. The average molecular weight is 374 g/mol. The molecule has 2 amide bonds. The molecule has 2 fully saturated rings. The van der Waals surface area contributed by atoms with E-state index in [9.17, 15) is 14.4 Å². The van der Waals surface area contributed by atoms with Crippen LogP contribution in [0.2, 0.25) is 0 Å². The fourth-order valence-electron chi connectivity index (χ4n) is 3.84. The molecule has 1 aromatic carbocycles. The molecule has 2 saturated heterocycles. The number of carboxylic acid groups (broad SMARTS) is 1. The third kappa shape index (κ3) is 4.77. The van der Waals surface area contributed by atoms with Crippen molar-refractivity contribution in [1.82, 2.24) is 9.80 Å². The van der Waals surface area contributed by atoms with Gasteiger partial charge in [0.1, 0.15) is 0 Å². The van der Waals surface area contributed by atoms with E-state index in [1.807, 2.05) is 15.9 Å². The van der Waals surface area contributed by atoms with Gasteiger partial charge in [-0.1, -0.05) is 6.07 Å². The maximum absolute atomic E-state index is 12.8. The molecule has 0 radical (unpaired) electrons. The van der Waals surface area contributed by atoms with Crippen molar-refractivity contribution in [2.75, 3.05) is 50.7 Å². The zero-order chi connectivity index (χ0) is 19.4. The van der Waals surface area contributed by atoms with Gasteiger partial charge in [-0.05, 0) is 44.1 Å². The maximum Gasteiger partial charge on any atom is 0.335 e. The topological polar surface area (TPSA) is 107 Å². The molecule has 2 aliphatic rings. The fourth-order valence-corrected chi connectivity index (χ4v) is 3.84. The van der Waals surface area contributed by atoms with Crippen LogP contribution >= 0.6 is 0 Å². The Morgan fingerprint density at radius 2 is 1.70 bits per heavy atom. The van der Waals surface area contributed by atoms with Crippen LogP contribution in [0.5, 0.6) is 0 Å². The van der Waals surface area contributed by atoms with E-state index in [-0.39, 0.29) is 29.8 Å². The fraction of sp³-hybridized carbons (Fsp3) is 0.526. The van der Waals surface area contributed by atoms with E-state index in [0.717, 1.165) is 31.6 Å². The number of amides is 2. The highest BCUT2D eigenvalue weighted by atomic mass is 16.4. The molecule has 27 heavy (non-hydrogen) atoms. The Morgan fingerprint density at radius 1 is 1.04 bits per heavy atom. The number of primary amides is 1. The smallest absolute Gasteiger partial charge is 0.335 e. The van der Waals surface area contributed by atoms with Crippen LogP contribution in [0.4, 0.5) is 5.69 Å². The monoisotopic (exact) mass is 374 g/mol. The van der Waals surface area contributed by atoms with Gasteiger partial charge in [0.25, 0.3) is 0 Å². The predicted molar refractivity (Wildman–Crippen MR) is 101 cm³/mol. The number of rotatable bonds is 5. The van der Waals surface area contributed by atoms with Crippen molar-refractivity contribution >= 4 is 23.5 Å². The van der Waals surface area contributed by atoms with Crippen molar-refractivity contribution in [2.45, 2.75) is 12.8 Å². The molecule has 2 heterocycles. The van der Waals surface area contributed by atoms with E-state index in [4.69, 9.17) is 10.8 Å². The number of aromatic carboxylic acids is 1. The lowest BCUT2D eigenvalue weighted by molar-refractivity contribution is -0.137. The Bertz CT molecular complexity index is 707. The Hall–Kier alpha value is -2.61. The van der Waals surface area contributed by atoms with Crippen molar-refractivity contribution in [3.8, 4) is 0 Å². The maximum atomic E-state index is 12.8. The molecule has 3 N–H and O–H groups in total. The number of carbonyl (C=O) groups is 3. The second kappa shape index (κ2) is 8.39. The Morgan fingerprint density at radius 3 is 2.30 bits per heavy atom. The summed E-state index contributed by atoms with van der Waals surface area (Å²) in [7, 11) is 0. The molecule has 1 aromatic rings. The van der Waals surface area contributed by atoms with Gasteiger partial charge >= 0.3 is 5.97 Å². The third-order valence-electron chi connectivity index (χ3n) is 5.37. The van der Waals surface area contributed by atoms with Gasteiger partial charge in [0.05, 0.1) is 12.1 Å². The van der Waals surface area contributed by atoms with Crippen molar-refractivity contribution in [2.24, 2.45) is 11.7 Å². The molecule has 0 bridgehead atoms. The average Bonchev–Trinajstić information content (AvgIpc) is 2.68. The number of piperidine rings is 1. The second-order valence-electron chi connectivity index (χ2n) is 7.18. The zero-order valence-electron chi connectivity index (χ0n) is 15.3. The minimum absolute atomic E-state index is 0.0102. The lowest BCUT2D eigenvalue weighted by atomic mass is 9.95. The lowest BCUT2D eigenvalue weighted by Gasteiger charge is -2.39. The van der Waals surface area contributed by atoms with Crippen LogP contribution in [0, 0.1) is 5.92 Å². The predicted octanol–water partition coefficient (Wildman–Crippen LogP) is 0.231. The van der Waals surface area contributed by atoms with Crippen molar-refractivity contribution < 1.29 is 19.5 Å². The summed E-state index contributed by atoms with van der Waals surface area (Å²) in [5.74, 6) is -1.07. The number of carboxylic acids is 1. The summed E-state index contributed by atoms with van der Waals surface area (Å²) in [6.07, 6.45) is 1.51. The van der Waals surface area contributed by atoms with Gasteiger partial charge in [-0.3, -0.25) is 14.5 Å². The standard InChI is InChI=1S/C19H26N4O4/c20-17(24)13-21-6-4-14(5-7-21)18(25)23-10-8-22(9-11-23)16-3-1-2-15(12-16)19(26)27/h1-3,12,14H,4-11,13H2,(H2,20,24)(H,26,27). The molecule has 0 atom stereocenters. The Kier molecular flexibility index (Phi) is 5.95. The first-order chi connectivity index (χ1) is 12.9. The number of benzene rings is 1. The van der Waals surface area contributed by atoms with E-state index in [2.05, 4.69) is 4.90 Å². The Labute approximate surface area is 158 Å². The van der Waals surface area contributed by atoms with E-state index in [1.165, 1.54) is 0 Å². The summed E-state index contributed by atoms with van der Waals surface area (Å²) in [5.41, 5.74) is 6.38. The molecular formula is C19H26N4O4. The van der Waals surface area contributed by atoms with E-state index >= 15 is 0 Å². The van der Waals surface area contributed by atoms with E-state index < -0.39 is 5.97 Å².